The van der Waals surface area contributed by atoms with E-state index in [2.05, 4.69) is 24.5 Å². The third-order valence-corrected chi connectivity index (χ3v) is 4.44. The number of likely N-dealkylation sites (tertiary alicyclic amines) is 1. The van der Waals surface area contributed by atoms with Gasteiger partial charge in [0.05, 0.1) is 5.92 Å². The lowest BCUT2D eigenvalue weighted by molar-refractivity contribution is -0.133. The van der Waals surface area contributed by atoms with Gasteiger partial charge in [-0.2, -0.15) is 0 Å². The van der Waals surface area contributed by atoms with Gasteiger partial charge in [-0.3, -0.25) is 9.59 Å². The highest BCUT2D eigenvalue weighted by atomic mass is 16.2. The van der Waals surface area contributed by atoms with Crippen LogP contribution in [0.3, 0.4) is 0 Å². The van der Waals surface area contributed by atoms with Crippen LogP contribution in [0.2, 0.25) is 0 Å². The molecule has 1 atom stereocenters. The van der Waals surface area contributed by atoms with Crippen LogP contribution in [0.1, 0.15) is 46.0 Å². The number of nitrogens with zero attached hydrogens (tertiary/aromatic N) is 1. The largest absolute Gasteiger partial charge is 0.353 e. The average Bonchev–Trinajstić information content (AvgIpc) is 2.48. The fraction of sp³-hybridized carbons (Fsp3) is 0.875. The van der Waals surface area contributed by atoms with E-state index in [4.69, 9.17) is 0 Å². The molecule has 0 aliphatic carbocycles. The van der Waals surface area contributed by atoms with Crippen molar-refractivity contribution in [3.63, 3.8) is 0 Å². The van der Waals surface area contributed by atoms with Gasteiger partial charge < -0.3 is 15.5 Å². The number of carbonyl (C=O) groups excluding carboxylic acids is 2. The van der Waals surface area contributed by atoms with Crippen molar-refractivity contribution >= 4 is 11.8 Å². The molecule has 0 radical (unpaired) electrons. The van der Waals surface area contributed by atoms with Crippen LogP contribution in [0, 0.1) is 11.8 Å². The number of rotatable bonds is 4. The number of hydrogen-bond acceptors (Lipinski definition) is 3. The summed E-state index contributed by atoms with van der Waals surface area (Å²) in [5.41, 5.74) is 0. The zero-order chi connectivity index (χ0) is 15.2. The third-order valence-electron chi connectivity index (χ3n) is 4.44. The second-order valence-electron chi connectivity index (χ2n) is 6.80. The van der Waals surface area contributed by atoms with E-state index in [0.29, 0.717) is 12.3 Å². The van der Waals surface area contributed by atoms with Gasteiger partial charge in [0.2, 0.25) is 11.8 Å². The maximum absolute atomic E-state index is 12.2. The summed E-state index contributed by atoms with van der Waals surface area (Å²) < 4.78 is 0. The summed E-state index contributed by atoms with van der Waals surface area (Å²) in [5.74, 6) is 0.980. The average molecular weight is 295 g/mol. The van der Waals surface area contributed by atoms with E-state index >= 15 is 0 Å². The molecule has 21 heavy (non-hydrogen) atoms. The number of carbonyl (C=O) groups is 2. The zero-order valence-corrected chi connectivity index (χ0v) is 13.4. The van der Waals surface area contributed by atoms with Crippen molar-refractivity contribution in [2.45, 2.75) is 52.0 Å². The standard InChI is InChI=1S/C16H29N3O2/c1-12(2)10-15(20)19-8-5-14(6-9-19)18-16(21)13-4-3-7-17-11-13/h12-14,17H,3-11H2,1-2H3,(H,18,21). The summed E-state index contributed by atoms with van der Waals surface area (Å²) in [5, 5.41) is 6.45. The molecule has 2 saturated heterocycles. The Kier molecular flexibility index (Phi) is 6.03. The number of nitrogens with one attached hydrogen (secondary N) is 2. The van der Waals surface area contributed by atoms with Crippen LogP contribution >= 0.6 is 0 Å². The third kappa shape index (κ3) is 4.99. The lowest BCUT2D eigenvalue weighted by atomic mass is 9.97. The Morgan fingerprint density at radius 1 is 1.24 bits per heavy atom. The molecule has 0 spiro atoms. The lowest BCUT2D eigenvalue weighted by Crippen LogP contribution is -2.49. The summed E-state index contributed by atoms with van der Waals surface area (Å²) in [6.07, 6.45) is 4.47. The van der Waals surface area contributed by atoms with Gasteiger partial charge in [-0.05, 0) is 38.1 Å². The van der Waals surface area contributed by atoms with Crippen LogP contribution in [-0.2, 0) is 9.59 Å². The van der Waals surface area contributed by atoms with E-state index < -0.39 is 0 Å². The summed E-state index contributed by atoms with van der Waals surface area (Å²) in [6.45, 7) is 7.53. The number of hydrogen-bond donors (Lipinski definition) is 2. The van der Waals surface area contributed by atoms with Crippen molar-refractivity contribution in [1.82, 2.24) is 15.5 Å². The molecular formula is C16H29N3O2. The molecule has 0 aromatic heterocycles. The molecule has 0 aromatic rings. The first-order chi connectivity index (χ1) is 10.1. The second-order valence-corrected chi connectivity index (χ2v) is 6.80. The fourth-order valence-corrected chi connectivity index (χ4v) is 3.15. The maximum atomic E-state index is 12.2. The van der Waals surface area contributed by atoms with E-state index in [-0.39, 0.29) is 23.8 Å². The monoisotopic (exact) mass is 295 g/mol. The minimum absolute atomic E-state index is 0.124. The molecule has 2 fully saturated rings. The molecule has 0 aromatic carbocycles. The van der Waals surface area contributed by atoms with Crippen LogP contribution in [0.4, 0.5) is 0 Å². The first-order valence-corrected chi connectivity index (χ1v) is 8.35. The molecule has 120 valence electrons. The Morgan fingerprint density at radius 3 is 2.52 bits per heavy atom. The Balaban J connectivity index is 1.71. The molecule has 2 aliphatic rings. The first-order valence-electron chi connectivity index (χ1n) is 8.35. The molecule has 2 rings (SSSR count). The highest BCUT2D eigenvalue weighted by Gasteiger charge is 2.27. The fourth-order valence-electron chi connectivity index (χ4n) is 3.15. The van der Waals surface area contributed by atoms with Crippen LogP contribution in [-0.4, -0.2) is 48.9 Å². The van der Waals surface area contributed by atoms with Gasteiger partial charge in [0.15, 0.2) is 0 Å². The SMILES string of the molecule is CC(C)CC(=O)N1CCC(NC(=O)C2CCCNC2)CC1. The van der Waals surface area contributed by atoms with Gasteiger partial charge in [0, 0.05) is 32.1 Å². The van der Waals surface area contributed by atoms with E-state index in [1.807, 2.05) is 4.90 Å². The lowest BCUT2D eigenvalue weighted by Gasteiger charge is -2.34. The number of amides is 2. The molecule has 2 aliphatic heterocycles. The van der Waals surface area contributed by atoms with E-state index in [0.717, 1.165) is 51.9 Å². The highest BCUT2D eigenvalue weighted by molar-refractivity contribution is 5.79. The van der Waals surface area contributed by atoms with E-state index in [9.17, 15) is 9.59 Å². The summed E-state index contributed by atoms with van der Waals surface area (Å²) >= 11 is 0. The first kappa shape index (κ1) is 16.3. The summed E-state index contributed by atoms with van der Waals surface area (Å²) in [6, 6.07) is 0.238. The Bertz CT molecular complexity index is 357. The molecule has 2 heterocycles. The Labute approximate surface area is 127 Å². The Morgan fingerprint density at radius 2 is 1.95 bits per heavy atom. The van der Waals surface area contributed by atoms with Gasteiger partial charge in [-0.15, -0.1) is 0 Å². The molecule has 5 heteroatoms. The van der Waals surface area contributed by atoms with Gasteiger partial charge in [0.1, 0.15) is 0 Å². The molecule has 0 bridgehead atoms. The molecule has 5 nitrogen and oxygen atoms in total. The van der Waals surface area contributed by atoms with Gasteiger partial charge in [-0.25, -0.2) is 0 Å². The molecular weight excluding hydrogens is 266 g/mol. The van der Waals surface area contributed by atoms with Gasteiger partial charge in [-0.1, -0.05) is 13.8 Å². The summed E-state index contributed by atoms with van der Waals surface area (Å²) in [4.78, 5) is 26.2. The predicted molar refractivity (Wildman–Crippen MR) is 82.8 cm³/mol. The van der Waals surface area contributed by atoms with Gasteiger partial charge >= 0.3 is 0 Å². The minimum Gasteiger partial charge on any atom is -0.353 e. The van der Waals surface area contributed by atoms with E-state index in [1.165, 1.54) is 0 Å². The molecule has 0 saturated carbocycles. The highest BCUT2D eigenvalue weighted by Crippen LogP contribution is 2.15. The van der Waals surface area contributed by atoms with Crippen LogP contribution < -0.4 is 10.6 Å². The van der Waals surface area contributed by atoms with Crippen molar-refractivity contribution in [3.8, 4) is 0 Å². The normalized spacial score (nSPS) is 24.1. The van der Waals surface area contributed by atoms with Crippen molar-refractivity contribution in [3.05, 3.63) is 0 Å². The smallest absolute Gasteiger partial charge is 0.224 e. The van der Waals surface area contributed by atoms with Crippen LogP contribution in [0.5, 0.6) is 0 Å². The van der Waals surface area contributed by atoms with Crippen molar-refractivity contribution in [2.24, 2.45) is 11.8 Å². The minimum atomic E-state index is 0.124. The van der Waals surface area contributed by atoms with Crippen LogP contribution in [0.15, 0.2) is 0 Å². The predicted octanol–water partition coefficient (Wildman–Crippen LogP) is 1.14. The van der Waals surface area contributed by atoms with E-state index in [1.54, 1.807) is 0 Å². The van der Waals surface area contributed by atoms with Gasteiger partial charge in [0.25, 0.3) is 0 Å². The number of piperidine rings is 2. The summed E-state index contributed by atoms with van der Waals surface area (Å²) in [7, 11) is 0. The molecule has 2 amide bonds. The van der Waals surface area contributed by atoms with Crippen molar-refractivity contribution < 1.29 is 9.59 Å². The zero-order valence-electron chi connectivity index (χ0n) is 13.4. The Hall–Kier alpha value is -1.10. The second kappa shape index (κ2) is 7.78. The quantitative estimate of drug-likeness (QED) is 0.817. The molecule has 1 unspecified atom stereocenters. The van der Waals surface area contributed by atoms with Crippen molar-refractivity contribution in [2.75, 3.05) is 26.2 Å². The molecule has 2 N–H and O–H groups in total. The van der Waals surface area contributed by atoms with Crippen LogP contribution in [0.25, 0.3) is 0 Å². The topological polar surface area (TPSA) is 61.4 Å². The maximum Gasteiger partial charge on any atom is 0.224 e. The van der Waals surface area contributed by atoms with Crippen molar-refractivity contribution in [1.29, 1.82) is 0 Å².